The van der Waals surface area contributed by atoms with Crippen LogP contribution in [0.4, 0.5) is 0 Å². The van der Waals surface area contributed by atoms with Crippen molar-refractivity contribution in [1.29, 1.82) is 0 Å². The second kappa shape index (κ2) is 38.4. The van der Waals surface area contributed by atoms with Crippen molar-refractivity contribution in [3.63, 3.8) is 0 Å². The number of esters is 2. The van der Waals surface area contributed by atoms with Gasteiger partial charge in [-0.3, -0.25) is 18.6 Å². The minimum Gasteiger partial charge on any atom is -0.462 e. The highest BCUT2D eigenvalue weighted by atomic mass is 31.2. The molecule has 300 valence electrons. The Morgan fingerprint density at radius 3 is 1.69 bits per heavy atom. The molecule has 9 nitrogen and oxygen atoms in total. The number of nitrogens with one attached hydrogen (secondary N) is 1. The first-order chi connectivity index (χ1) is 25.3. The van der Waals surface area contributed by atoms with Crippen LogP contribution in [0.2, 0.25) is 0 Å². The van der Waals surface area contributed by atoms with E-state index in [1.165, 1.54) is 44.9 Å². The summed E-state index contributed by atoms with van der Waals surface area (Å²) in [5, 5.41) is 2.81. The molecule has 0 saturated heterocycles. The molecule has 0 heterocycles. The molecule has 0 aliphatic heterocycles. The number of carbonyl (C=O) groups is 2. The molecule has 0 aromatic carbocycles. The smallest absolute Gasteiger partial charge is 0.462 e. The maximum atomic E-state index is 12.6. The number of phosphoric acid groups is 1. The standard InChI is InChI=1S/C42H74NO8P/c1-4-6-8-10-12-14-16-18-20-22-24-26-28-30-32-34-41(44)48-38-40(39-50-52(46,47)49-37-36-43-3)51-42(45)35-33-31-29-27-25-23-21-19-17-15-13-11-9-7-5-2/h7,9,13,15,18-21,25,27,40,43H,4-6,8,10-12,14,16-17,22-24,26,28-39H2,1-3H3,(H,46,47)/b9-7-,15-13-,20-18-,21-19-,27-25-. The zero-order valence-corrected chi connectivity index (χ0v) is 33.9. The second-order valence-corrected chi connectivity index (χ2v) is 14.5. The molecule has 0 bridgehead atoms. The Morgan fingerprint density at radius 2 is 1.10 bits per heavy atom. The van der Waals surface area contributed by atoms with Gasteiger partial charge in [0.1, 0.15) is 6.61 Å². The van der Waals surface area contributed by atoms with Gasteiger partial charge in [-0.25, -0.2) is 4.57 Å². The van der Waals surface area contributed by atoms with Crippen LogP contribution < -0.4 is 5.32 Å². The topological polar surface area (TPSA) is 120 Å². The van der Waals surface area contributed by atoms with E-state index in [4.69, 9.17) is 18.5 Å². The van der Waals surface area contributed by atoms with E-state index in [1.807, 2.05) is 0 Å². The number of carbonyl (C=O) groups excluding carboxylic acids is 2. The summed E-state index contributed by atoms with van der Waals surface area (Å²) in [7, 11) is -2.67. The fraction of sp³-hybridized carbons (Fsp3) is 0.714. The molecule has 0 aromatic rings. The number of phosphoric ester groups is 1. The molecular weight excluding hydrogens is 677 g/mol. The summed E-state index contributed by atoms with van der Waals surface area (Å²) in [6.07, 6.45) is 42.7. The summed E-state index contributed by atoms with van der Waals surface area (Å²) in [5.74, 6) is -0.870. The van der Waals surface area contributed by atoms with E-state index in [0.29, 0.717) is 13.0 Å². The Balaban J connectivity index is 4.36. The normalized spacial score (nSPS) is 14.0. The number of ether oxygens (including phenoxy) is 2. The second-order valence-electron chi connectivity index (χ2n) is 13.1. The zero-order valence-electron chi connectivity index (χ0n) is 33.0. The number of unbranched alkanes of at least 4 members (excludes halogenated alkanes) is 13. The summed E-state index contributed by atoms with van der Waals surface area (Å²) in [6.45, 7) is 4.03. The number of allylic oxidation sites excluding steroid dienone is 10. The lowest BCUT2D eigenvalue weighted by atomic mass is 10.1. The first-order valence-electron chi connectivity index (χ1n) is 20.2. The van der Waals surface area contributed by atoms with Gasteiger partial charge in [-0.05, 0) is 84.1 Å². The van der Waals surface area contributed by atoms with Crippen LogP contribution in [0.25, 0.3) is 0 Å². The highest BCUT2D eigenvalue weighted by molar-refractivity contribution is 7.47. The molecule has 0 rings (SSSR count). The number of hydrogen-bond acceptors (Lipinski definition) is 8. The highest BCUT2D eigenvalue weighted by Gasteiger charge is 2.26. The van der Waals surface area contributed by atoms with Crippen LogP contribution in [0.15, 0.2) is 60.8 Å². The zero-order chi connectivity index (χ0) is 38.2. The molecule has 0 amide bonds. The van der Waals surface area contributed by atoms with E-state index in [9.17, 15) is 19.0 Å². The summed E-state index contributed by atoms with van der Waals surface area (Å²) < 4.78 is 33.1. The van der Waals surface area contributed by atoms with Crippen molar-refractivity contribution >= 4 is 19.8 Å². The van der Waals surface area contributed by atoms with Crippen molar-refractivity contribution < 1.29 is 37.6 Å². The maximum Gasteiger partial charge on any atom is 0.472 e. The molecule has 0 aromatic heterocycles. The molecule has 0 fully saturated rings. The number of rotatable bonds is 37. The van der Waals surface area contributed by atoms with Gasteiger partial charge in [0.15, 0.2) is 6.10 Å². The van der Waals surface area contributed by atoms with Crippen molar-refractivity contribution in [3.8, 4) is 0 Å². The van der Waals surface area contributed by atoms with Crippen LogP contribution in [0.5, 0.6) is 0 Å². The molecule has 0 aliphatic carbocycles. The van der Waals surface area contributed by atoms with Crippen LogP contribution in [0.3, 0.4) is 0 Å². The van der Waals surface area contributed by atoms with Crippen molar-refractivity contribution in [1.82, 2.24) is 5.32 Å². The predicted molar refractivity (Wildman–Crippen MR) is 215 cm³/mol. The van der Waals surface area contributed by atoms with Crippen LogP contribution in [0.1, 0.15) is 155 Å². The van der Waals surface area contributed by atoms with E-state index in [-0.39, 0.29) is 26.1 Å². The summed E-state index contributed by atoms with van der Waals surface area (Å²) in [4.78, 5) is 34.9. The van der Waals surface area contributed by atoms with Gasteiger partial charge >= 0.3 is 19.8 Å². The fourth-order valence-electron chi connectivity index (χ4n) is 5.07. The molecule has 10 heteroatoms. The molecule has 2 N–H and O–H groups in total. The fourth-order valence-corrected chi connectivity index (χ4v) is 5.82. The van der Waals surface area contributed by atoms with E-state index in [2.05, 4.69) is 79.9 Å². The predicted octanol–water partition coefficient (Wildman–Crippen LogP) is 11.2. The minimum atomic E-state index is -4.36. The number of likely N-dealkylation sites (N-methyl/N-ethyl adjacent to an activating group) is 1. The van der Waals surface area contributed by atoms with E-state index >= 15 is 0 Å². The van der Waals surface area contributed by atoms with E-state index < -0.39 is 32.5 Å². The lowest BCUT2D eigenvalue weighted by Crippen LogP contribution is -2.29. The Morgan fingerprint density at radius 1 is 0.615 bits per heavy atom. The van der Waals surface area contributed by atoms with Crippen LogP contribution >= 0.6 is 7.82 Å². The summed E-state index contributed by atoms with van der Waals surface area (Å²) >= 11 is 0. The SMILES string of the molecule is CC/C=C\C/C=C\C/C=C\C/C=C\CCCCC(=O)OC(COC(=O)CCCCCCC/C=C\CCCCCCCC)COP(=O)(O)OCCNC. The van der Waals surface area contributed by atoms with E-state index in [1.54, 1.807) is 7.05 Å². The Labute approximate surface area is 317 Å². The highest BCUT2D eigenvalue weighted by Crippen LogP contribution is 2.43. The summed E-state index contributed by atoms with van der Waals surface area (Å²) in [5.41, 5.74) is 0. The Hall–Kier alpha value is -2.29. The van der Waals surface area contributed by atoms with Gasteiger partial charge in [0, 0.05) is 19.4 Å². The summed E-state index contributed by atoms with van der Waals surface area (Å²) in [6, 6.07) is 0. The molecule has 0 saturated carbocycles. The number of hydrogen-bond donors (Lipinski definition) is 2. The molecule has 0 radical (unpaired) electrons. The van der Waals surface area contributed by atoms with Crippen molar-refractivity contribution in [2.75, 3.05) is 33.4 Å². The third kappa shape index (κ3) is 37.5. The van der Waals surface area contributed by atoms with Gasteiger partial charge in [-0.2, -0.15) is 0 Å². The van der Waals surface area contributed by atoms with Gasteiger partial charge in [-0.1, -0.05) is 126 Å². The lowest BCUT2D eigenvalue weighted by Gasteiger charge is -2.20. The average Bonchev–Trinajstić information content (AvgIpc) is 3.12. The van der Waals surface area contributed by atoms with Crippen LogP contribution in [-0.2, 0) is 32.7 Å². The van der Waals surface area contributed by atoms with Crippen molar-refractivity contribution in [2.24, 2.45) is 0 Å². The maximum absolute atomic E-state index is 12.6. The first-order valence-corrected chi connectivity index (χ1v) is 21.7. The molecule has 0 aliphatic rings. The first kappa shape index (κ1) is 49.7. The van der Waals surface area contributed by atoms with Gasteiger partial charge in [0.25, 0.3) is 0 Å². The van der Waals surface area contributed by atoms with Gasteiger partial charge in [0.2, 0.25) is 0 Å². The third-order valence-corrected chi connectivity index (χ3v) is 9.11. The minimum absolute atomic E-state index is 0.0288. The van der Waals surface area contributed by atoms with Gasteiger partial charge < -0.3 is 19.7 Å². The lowest BCUT2D eigenvalue weighted by molar-refractivity contribution is -0.161. The largest absolute Gasteiger partial charge is 0.472 e. The van der Waals surface area contributed by atoms with Gasteiger partial charge in [-0.15, -0.1) is 0 Å². The Kier molecular flexibility index (Phi) is 36.7. The molecule has 0 spiro atoms. The molecular formula is C42H74NO8P. The molecule has 2 atom stereocenters. The Bertz CT molecular complexity index is 1040. The van der Waals surface area contributed by atoms with Gasteiger partial charge in [0.05, 0.1) is 13.2 Å². The van der Waals surface area contributed by atoms with Crippen LogP contribution in [0, 0.1) is 0 Å². The molecule has 52 heavy (non-hydrogen) atoms. The monoisotopic (exact) mass is 752 g/mol. The van der Waals surface area contributed by atoms with Crippen molar-refractivity contribution in [3.05, 3.63) is 60.8 Å². The van der Waals surface area contributed by atoms with Crippen LogP contribution in [-0.4, -0.2) is 56.3 Å². The van der Waals surface area contributed by atoms with Crippen molar-refractivity contribution in [2.45, 2.75) is 161 Å². The molecule has 2 unspecified atom stereocenters. The third-order valence-electron chi connectivity index (χ3n) is 8.12. The quantitative estimate of drug-likeness (QED) is 0.0276. The van der Waals surface area contributed by atoms with E-state index in [0.717, 1.165) is 77.0 Å². The average molecular weight is 752 g/mol.